The average molecular weight is 662 g/mol. The second-order valence-corrected chi connectivity index (χ2v) is 12.3. The molecular formula is C26H33N10O7S2+. The highest BCUT2D eigenvalue weighted by Crippen LogP contribution is 2.40. The number of aliphatic carboxylic acids is 2. The van der Waals surface area contributed by atoms with Crippen LogP contribution in [0.4, 0.5) is 10.8 Å². The van der Waals surface area contributed by atoms with Crippen molar-refractivity contribution in [3.05, 3.63) is 41.6 Å². The highest BCUT2D eigenvalue weighted by molar-refractivity contribution is 8.00. The highest BCUT2D eigenvalue weighted by atomic mass is 32.2. The first-order chi connectivity index (χ1) is 21.3. The molecule has 45 heavy (non-hydrogen) atoms. The molecule has 240 valence electrons. The normalized spacial score (nSPS) is 18.1. The first-order valence-electron chi connectivity index (χ1n) is 13.7. The summed E-state index contributed by atoms with van der Waals surface area (Å²) in [6.45, 7) is 5.79. The maximum atomic E-state index is 13.2. The van der Waals surface area contributed by atoms with Gasteiger partial charge in [-0.15, -0.1) is 11.8 Å². The maximum Gasteiger partial charge on any atom is 0.352 e. The summed E-state index contributed by atoms with van der Waals surface area (Å²) in [5.74, 6) is -3.65. The zero-order valence-electron chi connectivity index (χ0n) is 24.6. The van der Waals surface area contributed by atoms with E-state index in [1.807, 2.05) is 19.1 Å². The van der Waals surface area contributed by atoms with Crippen molar-refractivity contribution in [1.82, 2.24) is 24.9 Å². The fourth-order valence-electron chi connectivity index (χ4n) is 4.17. The molecule has 0 saturated carbocycles. The number of pyridine rings is 1. The predicted molar refractivity (Wildman–Crippen MR) is 164 cm³/mol. The van der Waals surface area contributed by atoms with Crippen LogP contribution in [0.1, 0.15) is 33.0 Å². The molecule has 0 aliphatic carbocycles. The number of carbonyl (C=O) groups excluding carboxylic acids is 2. The van der Waals surface area contributed by atoms with Crippen molar-refractivity contribution in [2.24, 2.45) is 5.16 Å². The number of nitrogens with one attached hydrogen (secondary N) is 4. The number of carbonyl (C=O) groups is 4. The van der Waals surface area contributed by atoms with Crippen LogP contribution < -0.4 is 26.3 Å². The van der Waals surface area contributed by atoms with E-state index in [0.29, 0.717) is 30.9 Å². The second-order valence-electron chi connectivity index (χ2n) is 10.4. The van der Waals surface area contributed by atoms with E-state index in [0.717, 1.165) is 22.1 Å². The molecule has 0 spiro atoms. The number of thioether (sulfide) groups is 1. The lowest BCUT2D eigenvalue weighted by Gasteiger charge is -2.49. The number of oxime groups is 1. The van der Waals surface area contributed by atoms with Crippen LogP contribution in [0.5, 0.6) is 0 Å². The summed E-state index contributed by atoms with van der Waals surface area (Å²) >= 11 is 2.07. The molecule has 1 fully saturated rings. The molecule has 2 atom stereocenters. The number of aromatic nitrogens is 3. The predicted octanol–water partition coefficient (Wildman–Crippen LogP) is -0.181. The molecule has 2 aliphatic heterocycles. The van der Waals surface area contributed by atoms with Gasteiger partial charge >= 0.3 is 11.9 Å². The summed E-state index contributed by atoms with van der Waals surface area (Å²) in [5, 5.41) is 38.8. The number of hydrogen-bond acceptors (Lipinski definition) is 13. The quantitative estimate of drug-likeness (QED) is 0.0347. The maximum absolute atomic E-state index is 13.2. The van der Waals surface area contributed by atoms with Gasteiger partial charge in [0.2, 0.25) is 17.1 Å². The molecule has 4 rings (SSSR count). The molecule has 2 aromatic rings. The molecule has 4 heterocycles. The molecule has 2 aliphatic rings. The van der Waals surface area contributed by atoms with Crippen LogP contribution in [-0.2, 0) is 30.6 Å². The third kappa shape index (κ3) is 7.66. The molecule has 0 aromatic carbocycles. The van der Waals surface area contributed by atoms with E-state index in [-0.39, 0.29) is 29.0 Å². The number of amides is 2. The lowest BCUT2D eigenvalue weighted by atomic mass is 10.0. The fraction of sp³-hybridized carbons (Fsp3) is 0.423. The number of carboxylic acid groups (broad SMARTS) is 2. The SMILES string of the molecule is CCC(=N)NCCNc1cc[n+](CC2=C(C(=O)O)N3C(=O)[C@@H](NC(=O)/C(=N\OC(C)(C)C(=O)O)c4nsc(N)n4)[C@H]3SC2)cc1. The summed E-state index contributed by atoms with van der Waals surface area (Å²) in [7, 11) is 0. The molecule has 0 bridgehead atoms. The van der Waals surface area contributed by atoms with Gasteiger partial charge in [-0.05, 0) is 13.8 Å². The van der Waals surface area contributed by atoms with Gasteiger partial charge in [0.25, 0.3) is 11.8 Å². The Bertz CT molecular complexity index is 1560. The van der Waals surface area contributed by atoms with Gasteiger partial charge in [0.1, 0.15) is 17.1 Å². The van der Waals surface area contributed by atoms with Gasteiger partial charge in [-0.2, -0.15) is 9.36 Å². The summed E-state index contributed by atoms with van der Waals surface area (Å²) in [5.41, 5.74) is 4.57. The zero-order valence-corrected chi connectivity index (χ0v) is 26.2. The first kappa shape index (κ1) is 33.1. The molecular weight excluding hydrogens is 628 g/mol. The van der Waals surface area contributed by atoms with E-state index in [9.17, 15) is 29.4 Å². The minimum absolute atomic E-state index is 0.0196. The number of anilines is 2. The lowest BCUT2D eigenvalue weighted by Crippen LogP contribution is -2.71. The van der Waals surface area contributed by atoms with E-state index in [2.05, 4.69) is 30.5 Å². The molecule has 2 amide bonds. The van der Waals surface area contributed by atoms with Crippen molar-refractivity contribution in [1.29, 1.82) is 5.41 Å². The van der Waals surface area contributed by atoms with E-state index in [1.165, 1.54) is 25.6 Å². The molecule has 17 nitrogen and oxygen atoms in total. The molecule has 8 N–H and O–H groups in total. The Morgan fingerprint density at radius 2 is 1.98 bits per heavy atom. The largest absolute Gasteiger partial charge is 0.478 e. The number of carboxylic acids is 2. The van der Waals surface area contributed by atoms with Crippen molar-refractivity contribution in [2.75, 3.05) is 29.9 Å². The number of β-lactam (4-membered cyclic amide) rings is 1. The van der Waals surface area contributed by atoms with E-state index >= 15 is 0 Å². The van der Waals surface area contributed by atoms with E-state index in [4.69, 9.17) is 16.0 Å². The number of fused-ring (bicyclic) bond motifs is 1. The van der Waals surface area contributed by atoms with Crippen LogP contribution in [0.15, 0.2) is 41.0 Å². The summed E-state index contributed by atoms with van der Waals surface area (Å²) in [6, 6.07) is 2.59. The average Bonchev–Trinajstić information content (AvgIpc) is 3.43. The van der Waals surface area contributed by atoms with E-state index < -0.39 is 46.5 Å². The van der Waals surface area contributed by atoms with Crippen LogP contribution >= 0.6 is 23.3 Å². The van der Waals surface area contributed by atoms with Gasteiger partial charge < -0.3 is 36.7 Å². The Labute approximate surface area is 265 Å². The molecule has 0 unspecified atom stereocenters. The van der Waals surface area contributed by atoms with Gasteiger partial charge in [-0.3, -0.25) is 19.9 Å². The van der Waals surface area contributed by atoms with Crippen molar-refractivity contribution in [3.63, 3.8) is 0 Å². The van der Waals surface area contributed by atoms with Crippen LogP contribution in [-0.4, -0.2) is 95.6 Å². The highest BCUT2D eigenvalue weighted by Gasteiger charge is 2.55. The number of amidine groups is 1. The number of nitrogen functional groups attached to an aromatic ring is 1. The summed E-state index contributed by atoms with van der Waals surface area (Å²) in [4.78, 5) is 60.3. The lowest BCUT2D eigenvalue weighted by molar-refractivity contribution is -0.688. The Morgan fingerprint density at radius 1 is 1.27 bits per heavy atom. The van der Waals surface area contributed by atoms with Gasteiger partial charge in [0.05, 0.1) is 5.84 Å². The first-order valence-corrected chi connectivity index (χ1v) is 15.5. The molecule has 1 saturated heterocycles. The Balaban J connectivity index is 1.44. The van der Waals surface area contributed by atoms with Crippen molar-refractivity contribution in [2.45, 2.75) is 50.8 Å². The Kier molecular flexibility index (Phi) is 10.2. The fourth-order valence-corrected chi connectivity index (χ4v) is 5.94. The number of hydrogen-bond donors (Lipinski definition) is 7. The third-order valence-electron chi connectivity index (χ3n) is 6.70. The monoisotopic (exact) mass is 661 g/mol. The minimum Gasteiger partial charge on any atom is -0.478 e. The summed E-state index contributed by atoms with van der Waals surface area (Å²) in [6.07, 6.45) is 4.22. The van der Waals surface area contributed by atoms with Crippen LogP contribution in [0.3, 0.4) is 0 Å². The van der Waals surface area contributed by atoms with Gasteiger partial charge in [0, 0.05) is 60.2 Å². The van der Waals surface area contributed by atoms with Crippen molar-refractivity contribution >= 4 is 69.4 Å². The number of nitrogens with zero attached hydrogens (tertiary/aromatic N) is 5. The zero-order chi connectivity index (χ0) is 32.9. The van der Waals surface area contributed by atoms with E-state index in [1.54, 1.807) is 17.0 Å². The second kappa shape index (κ2) is 13.9. The topological polar surface area (TPSA) is 249 Å². The number of nitrogens with two attached hydrogens (primary N) is 1. The van der Waals surface area contributed by atoms with Gasteiger partial charge in [-0.1, -0.05) is 12.1 Å². The number of rotatable bonds is 14. The Morgan fingerprint density at radius 3 is 2.58 bits per heavy atom. The van der Waals surface area contributed by atoms with Crippen LogP contribution in [0, 0.1) is 5.41 Å². The summed E-state index contributed by atoms with van der Waals surface area (Å²) < 4.78 is 5.74. The molecule has 19 heteroatoms. The van der Waals surface area contributed by atoms with Crippen LogP contribution in [0.25, 0.3) is 0 Å². The smallest absolute Gasteiger partial charge is 0.352 e. The minimum atomic E-state index is -1.79. The standard InChI is InChI=1S/C26H32N10O7S2/c1-4-15(27)30-8-7-29-14-5-9-35(10-6-14)11-13-12-44-22-17(21(38)36(22)18(13)23(39)40)31-20(37)16(19-32-25(28)45-34-19)33-43-26(2,3)24(41)42/h5-6,9-10,17,22H,4,7-8,11-12H2,1-3H3,(H7,27,28,30,31,32,34,37,39,40,41,42)/p+1/b33-16-/t17-,22-/m1/s1. The van der Waals surface area contributed by atoms with Gasteiger partial charge in [-0.25, -0.2) is 14.2 Å². The molecule has 0 radical (unpaired) electrons. The van der Waals surface area contributed by atoms with Crippen molar-refractivity contribution < 1.29 is 38.8 Å². The van der Waals surface area contributed by atoms with Gasteiger partial charge in [0.15, 0.2) is 24.1 Å². The Hall–Kier alpha value is -4.78. The third-order valence-corrected chi connectivity index (χ3v) is 8.58. The van der Waals surface area contributed by atoms with Crippen LogP contribution in [0.2, 0.25) is 0 Å². The molecule has 2 aromatic heterocycles. The van der Waals surface area contributed by atoms with Crippen molar-refractivity contribution in [3.8, 4) is 0 Å².